The van der Waals surface area contributed by atoms with Crippen LogP contribution in [-0.4, -0.2) is 0 Å². The van der Waals surface area contributed by atoms with Crippen LogP contribution in [0, 0.1) is 11.3 Å². The lowest BCUT2D eigenvalue weighted by atomic mass is 10.1. The predicted octanol–water partition coefficient (Wildman–Crippen LogP) is 5.46. The molecule has 5 heteroatoms. The molecule has 2 nitrogen and oxygen atoms in total. The van der Waals surface area contributed by atoms with Crippen LogP contribution in [0.1, 0.15) is 11.1 Å². The third kappa shape index (κ3) is 3.82. The van der Waals surface area contributed by atoms with E-state index in [0.717, 1.165) is 24.7 Å². The molecule has 0 saturated heterocycles. The van der Waals surface area contributed by atoms with Crippen molar-refractivity contribution >= 4 is 53.5 Å². The quantitative estimate of drug-likeness (QED) is 0.682. The molecule has 96 valence electrons. The Hall–Kier alpha value is -0.830. The van der Waals surface area contributed by atoms with Crippen molar-refractivity contribution in [3.63, 3.8) is 0 Å². The van der Waals surface area contributed by atoms with Crippen LogP contribution in [0.25, 0.3) is 0 Å². The first-order chi connectivity index (χ1) is 9.10. The molecule has 0 aliphatic carbocycles. The fourth-order valence-corrected chi connectivity index (χ4v) is 4.14. The van der Waals surface area contributed by atoms with Crippen LogP contribution in [0.3, 0.4) is 0 Å². The maximum absolute atomic E-state index is 8.75. The van der Waals surface area contributed by atoms with Crippen molar-refractivity contribution in [2.75, 3.05) is 5.32 Å². The van der Waals surface area contributed by atoms with E-state index in [2.05, 4.69) is 59.2 Å². The van der Waals surface area contributed by atoms with Gasteiger partial charge in [0.05, 0.1) is 17.3 Å². The zero-order chi connectivity index (χ0) is 13.8. The average Bonchev–Trinajstić information content (AvgIpc) is 2.38. The summed E-state index contributed by atoms with van der Waals surface area (Å²) in [6.45, 7) is 0.699. The Labute approximate surface area is 137 Å². The van der Waals surface area contributed by atoms with Crippen LogP contribution >= 0.6 is 47.8 Å². The van der Waals surface area contributed by atoms with Crippen LogP contribution in [-0.2, 0) is 6.54 Å². The van der Waals surface area contributed by atoms with Crippen LogP contribution in [0.2, 0.25) is 0 Å². The van der Waals surface area contributed by atoms with E-state index in [1.807, 2.05) is 36.4 Å². The van der Waals surface area contributed by atoms with Crippen molar-refractivity contribution in [2.24, 2.45) is 0 Å². The molecule has 2 aromatic carbocycles. The van der Waals surface area contributed by atoms with Crippen molar-refractivity contribution in [1.82, 2.24) is 0 Å². The molecule has 1 N–H and O–H groups in total. The number of nitrogens with zero attached hydrogens (tertiary/aromatic N) is 1. The topological polar surface area (TPSA) is 35.8 Å². The molecule has 0 aliphatic rings. The van der Waals surface area contributed by atoms with Gasteiger partial charge in [0, 0.05) is 20.0 Å². The van der Waals surface area contributed by atoms with Gasteiger partial charge in [0.25, 0.3) is 0 Å². The minimum absolute atomic E-state index is 0.676. The highest BCUT2D eigenvalue weighted by molar-refractivity contribution is 9.11. The maximum atomic E-state index is 8.75. The molecule has 0 saturated carbocycles. The van der Waals surface area contributed by atoms with E-state index in [0.29, 0.717) is 12.1 Å². The van der Waals surface area contributed by atoms with Crippen LogP contribution < -0.4 is 5.32 Å². The number of hydrogen-bond donors (Lipinski definition) is 1. The standard InChI is InChI=1S/C14H9Br3N2/c15-11-5-12(16)14(13(17)6-11)19-8-10-3-1-9(7-18)2-4-10/h1-6,19H,8H2. The number of nitriles is 1. The molecule has 2 aromatic rings. The summed E-state index contributed by atoms with van der Waals surface area (Å²) in [5.41, 5.74) is 2.81. The summed E-state index contributed by atoms with van der Waals surface area (Å²) in [5, 5.41) is 12.1. The fourth-order valence-electron chi connectivity index (χ4n) is 1.60. The number of hydrogen-bond acceptors (Lipinski definition) is 2. The van der Waals surface area contributed by atoms with Gasteiger partial charge in [-0.3, -0.25) is 0 Å². The molecule has 2 rings (SSSR count). The molecule has 0 radical (unpaired) electrons. The lowest BCUT2D eigenvalue weighted by Crippen LogP contribution is -2.01. The zero-order valence-corrected chi connectivity index (χ0v) is 14.5. The Balaban J connectivity index is 2.12. The summed E-state index contributed by atoms with van der Waals surface area (Å²) in [6.07, 6.45) is 0. The molecule has 0 aromatic heterocycles. The number of halogens is 3. The smallest absolute Gasteiger partial charge is 0.0991 e. The van der Waals surface area contributed by atoms with E-state index in [1.165, 1.54) is 0 Å². The number of anilines is 1. The Morgan fingerprint density at radius 2 is 1.58 bits per heavy atom. The van der Waals surface area contributed by atoms with Gasteiger partial charge in [-0.05, 0) is 61.7 Å². The molecule has 0 atom stereocenters. The van der Waals surface area contributed by atoms with E-state index in [1.54, 1.807) is 0 Å². The summed E-state index contributed by atoms with van der Waals surface area (Å²) in [4.78, 5) is 0. The SMILES string of the molecule is N#Cc1ccc(CNc2c(Br)cc(Br)cc2Br)cc1. The van der Waals surface area contributed by atoms with Crippen LogP contribution in [0.15, 0.2) is 49.8 Å². The third-order valence-corrected chi connectivity index (χ3v) is 4.27. The molecule has 0 heterocycles. The molecule has 0 unspecified atom stereocenters. The highest BCUT2D eigenvalue weighted by Crippen LogP contribution is 2.34. The van der Waals surface area contributed by atoms with Gasteiger partial charge in [0.1, 0.15) is 0 Å². The minimum Gasteiger partial charge on any atom is -0.379 e. The first kappa shape index (κ1) is 14.6. The summed E-state index contributed by atoms with van der Waals surface area (Å²) >= 11 is 10.5. The third-order valence-electron chi connectivity index (χ3n) is 2.56. The number of rotatable bonds is 3. The van der Waals surface area contributed by atoms with E-state index in [4.69, 9.17) is 5.26 Å². The monoisotopic (exact) mass is 442 g/mol. The normalized spacial score (nSPS) is 10.0. The first-order valence-electron chi connectivity index (χ1n) is 5.47. The van der Waals surface area contributed by atoms with Gasteiger partial charge < -0.3 is 5.32 Å². The van der Waals surface area contributed by atoms with Gasteiger partial charge in [0.15, 0.2) is 0 Å². The Bertz CT molecular complexity index is 607. The maximum Gasteiger partial charge on any atom is 0.0991 e. The second-order valence-corrected chi connectivity index (χ2v) is 6.53. The average molecular weight is 445 g/mol. The molecule has 0 spiro atoms. The molecular formula is C14H9Br3N2. The van der Waals surface area contributed by atoms with Crippen molar-refractivity contribution in [3.05, 3.63) is 60.9 Å². The predicted molar refractivity (Wildman–Crippen MR) is 88.0 cm³/mol. The van der Waals surface area contributed by atoms with Crippen molar-refractivity contribution < 1.29 is 0 Å². The molecule has 0 amide bonds. The van der Waals surface area contributed by atoms with Gasteiger partial charge in [-0.25, -0.2) is 0 Å². The van der Waals surface area contributed by atoms with Gasteiger partial charge >= 0.3 is 0 Å². The molecule has 19 heavy (non-hydrogen) atoms. The Morgan fingerprint density at radius 3 is 2.11 bits per heavy atom. The van der Waals surface area contributed by atoms with E-state index < -0.39 is 0 Å². The molecule has 0 bridgehead atoms. The second-order valence-electron chi connectivity index (χ2n) is 3.91. The Kier molecular flexibility index (Phi) is 5.03. The zero-order valence-electron chi connectivity index (χ0n) is 9.75. The van der Waals surface area contributed by atoms with Crippen molar-refractivity contribution in [3.8, 4) is 6.07 Å². The van der Waals surface area contributed by atoms with Gasteiger partial charge in [-0.2, -0.15) is 5.26 Å². The molecule has 0 fully saturated rings. The van der Waals surface area contributed by atoms with Crippen LogP contribution in [0.5, 0.6) is 0 Å². The number of benzene rings is 2. The largest absolute Gasteiger partial charge is 0.379 e. The molecular weight excluding hydrogens is 436 g/mol. The molecule has 0 aliphatic heterocycles. The summed E-state index contributed by atoms with van der Waals surface area (Å²) in [6, 6.07) is 13.6. The lowest BCUT2D eigenvalue weighted by Gasteiger charge is -2.11. The summed E-state index contributed by atoms with van der Waals surface area (Å²) < 4.78 is 2.99. The highest BCUT2D eigenvalue weighted by atomic mass is 79.9. The highest BCUT2D eigenvalue weighted by Gasteiger charge is 2.06. The fraction of sp³-hybridized carbons (Fsp3) is 0.0714. The van der Waals surface area contributed by atoms with Crippen LogP contribution in [0.4, 0.5) is 5.69 Å². The van der Waals surface area contributed by atoms with Crippen molar-refractivity contribution in [2.45, 2.75) is 6.54 Å². The minimum atomic E-state index is 0.676. The van der Waals surface area contributed by atoms with E-state index >= 15 is 0 Å². The van der Waals surface area contributed by atoms with Gasteiger partial charge in [-0.15, -0.1) is 0 Å². The van der Waals surface area contributed by atoms with E-state index in [-0.39, 0.29) is 0 Å². The van der Waals surface area contributed by atoms with E-state index in [9.17, 15) is 0 Å². The summed E-state index contributed by atoms with van der Waals surface area (Å²) in [7, 11) is 0. The van der Waals surface area contributed by atoms with Gasteiger partial charge in [-0.1, -0.05) is 28.1 Å². The Morgan fingerprint density at radius 1 is 1.00 bits per heavy atom. The summed E-state index contributed by atoms with van der Waals surface area (Å²) in [5.74, 6) is 0. The first-order valence-corrected chi connectivity index (χ1v) is 7.85. The number of nitrogens with one attached hydrogen (secondary N) is 1. The van der Waals surface area contributed by atoms with Crippen molar-refractivity contribution in [1.29, 1.82) is 5.26 Å². The van der Waals surface area contributed by atoms with Gasteiger partial charge in [0.2, 0.25) is 0 Å². The lowest BCUT2D eigenvalue weighted by molar-refractivity contribution is 1.14. The second kappa shape index (κ2) is 6.56.